The van der Waals surface area contributed by atoms with Crippen molar-refractivity contribution in [2.45, 2.75) is 44.6 Å². The van der Waals surface area contributed by atoms with Gasteiger partial charge < -0.3 is 0 Å². The van der Waals surface area contributed by atoms with E-state index in [0.717, 1.165) is 11.4 Å². The molecule has 1 unspecified atom stereocenters. The summed E-state index contributed by atoms with van der Waals surface area (Å²) in [7, 11) is 7.13. The van der Waals surface area contributed by atoms with Gasteiger partial charge in [-0.1, -0.05) is 0 Å². The first kappa shape index (κ1) is 35.0. The van der Waals surface area contributed by atoms with Crippen LogP contribution in [0.2, 0.25) is 0 Å². The zero-order valence-electron chi connectivity index (χ0n) is 30.5. The molecule has 0 bridgehead atoms. The van der Waals surface area contributed by atoms with Crippen LogP contribution in [0.4, 0.5) is 5.69 Å². The topological polar surface area (TPSA) is 6.48 Å². The Morgan fingerprint density at radius 3 is 1.40 bits per heavy atom. The summed E-state index contributed by atoms with van der Waals surface area (Å²) in [6.45, 7) is 8.85. The van der Waals surface area contributed by atoms with Gasteiger partial charge in [-0.05, 0) is 0 Å². The Morgan fingerprint density at radius 2 is 0.981 bits per heavy atom. The molecule has 0 saturated carbocycles. The predicted octanol–water partition coefficient (Wildman–Crippen LogP) is 12.4. The second-order valence-electron chi connectivity index (χ2n) is 14.2. The summed E-state index contributed by atoms with van der Waals surface area (Å²) < 4.78 is 0. The molecule has 0 amide bonds. The van der Waals surface area contributed by atoms with Gasteiger partial charge in [-0.15, -0.1) is 0 Å². The van der Waals surface area contributed by atoms with Gasteiger partial charge in [-0.25, -0.2) is 0 Å². The molecule has 0 saturated heterocycles. The molecule has 2 aliphatic heterocycles. The molecule has 0 spiro atoms. The molecule has 1 atom stereocenters. The molecule has 267 valence electrons. The van der Waals surface area contributed by atoms with Crippen molar-refractivity contribution in [2.24, 2.45) is 0 Å². The van der Waals surface area contributed by atoms with Gasteiger partial charge in [0.1, 0.15) is 0 Å². The van der Waals surface area contributed by atoms with Crippen molar-refractivity contribution in [1.82, 2.24) is 4.90 Å². The zero-order chi connectivity index (χ0) is 36.5. The van der Waals surface area contributed by atoms with Crippen LogP contribution in [-0.4, -0.2) is 9.96 Å². The molecule has 2 heterocycles. The quantitative estimate of drug-likeness (QED) is 0.107. The van der Waals surface area contributed by atoms with Crippen LogP contribution in [0.25, 0.3) is 5.70 Å². The normalized spacial score (nSPS) is 15.3. The van der Waals surface area contributed by atoms with Crippen molar-refractivity contribution in [3.8, 4) is 0 Å². The summed E-state index contributed by atoms with van der Waals surface area (Å²) in [5.74, 6) is -0.0534. The van der Waals surface area contributed by atoms with Crippen LogP contribution >= 0.6 is 10.1 Å². The van der Waals surface area contributed by atoms with Gasteiger partial charge in [0.2, 0.25) is 0 Å². The van der Waals surface area contributed by atoms with E-state index in [2.05, 4.69) is 208 Å². The number of aryl methyl sites for hydroxylation is 4. The summed E-state index contributed by atoms with van der Waals surface area (Å²) >= 11 is 1.48. The molecule has 6 aromatic carbocycles. The van der Waals surface area contributed by atoms with Crippen molar-refractivity contribution in [3.63, 3.8) is 0 Å². The third-order valence-electron chi connectivity index (χ3n) is 10.4. The average molecular weight is 759 g/mol. The minimum absolute atomic E-state index is 0.0267. The van der Waals surface area contributed by atoms with Gasteiger partial charge in [0.05, 0.1) is 0 Å². The van der Waals surface area contributed by atoms with E-state index in [4.69, 9.17) is 10.1 Å². The fourth-order valence-corrected chi connectivity index (χ4v) is 9.61. The first-order valence-corrected chi connectivity index (χ1v) is 20.0. The second-order valence-corrected chi connectivity index (χ2v) is 15.4. The van der Waals surface area contributed by atoms with E-state index in [0.29, 0.717) is 0 Å². The van der Waals surface area contributed by atoms with Gasteiger partial charge >= 0.3 is 327 Å². The van der Waals surface area contributed by atoms with Gasteiger partial charge in [-0.2, -0.15) is 0 Å². The maximum absolute atomic E-state index is 7.13. The number of allylic oxidation sites excluding steroid dienone is 3. The Morgan fingerprint density at radius 1 is 0.566 bits per heavy atom. The third-order valence-corrected chi connectivity index (χ3v) is 11.6. The molecular weight excluding hydrogens is 716 g/mol. The van der Waals surface area contributed by atoms with Gasteiger partial charge in [0.25, 0.3) is 0 Å². The van der Waals surface area contributed by atoms with Crippen LogP contribution in [0, 0.1) is 27.7 Å². The summed E-state index contributed by atoms with van der Waals surface area (Å²) in [6.07, 6.45) is 8.96. The van der Waals surface area contributed by atoms with Crippen molar-refractivity contribution >= 4 is 21.5 Å². The van der Waals surface area contributed by atoms with E-state index in [1.807, 2.05) is 0 Å². The molecule has 2 aliphatic rings. The standard InChI is InChI=1S/C49H43N2.ClH.Cu/c1-34-28-36(3)46(37(4)29-34)45-27-17-26-42-32-50(33-51(42)45)49-43(47(38-18-9-5-10-19-38)39-20-11-6-12-21-39)30-35(2)31-44(49)48(40-22-13-7-14-23-40)41-24-15-8-16-25-41;;/h5-33,47-48H,1-4H3;1H;/q;;+1/p-1. The van der Waals surface area contributed by atoms with Crippen LogP contribution in [-0.2, 0) is 14.0 Å². The van der Waals surface area contributed by atoms with Crippen molar-refractivity contribution in [3.05, 3.63) is 237 Å². The molecule has 0 fully saturated rings. The Kier molecular flexibility index (Phi) is 9.99. The molecule has 0 N–H and O–H groups in total. The van der Waals surface area contributed by atoms with Gasteiger partial charge in [0.15, 0.2) is 0 Å². The number of hydrogen-bond donors (Lipinski definition) is 0. The van der Waals surface area contributed by atoms with E-state index in [-0.39, 0.29) is 16.9 Å². The Bertz CT molecular complexity index is 2130. The first-order valence-electron chi connectivity index (χ1n) is 18.2. The van der Waals surface area contributed by atoms with Crippen LogP contribution < -0.4 is 4.90 Å². The van der Waals surface area contributed by atoms with E-state index < -0.39 is 0 Å². The Balaban J connectivity index is 1.42. The number of anilines is 1. The second kappa shape index (κ2) is 15.1. The first-order chi connectivity index (χ1) is 25.9. The van der Waals surface area contributed by atoms with Gasteiger partial charge in [-0.3, -0.25) is 0 Å². The monoisotopic (exact) mass is 757 g/mol. The fourth-order valence-electron chi connectivity index (χ4n) is 8.45. The van der Waals surface area contributed by atoms with Crippen LogP contribution in [0.5, 0.6) is 0 Å². The molecule has 53 heavy (non-hydrogen) atoms. The average Bonchev–Trinajstić information content (AvgIpc) is 3.55. The molecule has 2 nitrogen and oxygen atoms in total. The van der Waals surface area contributed by atoms with E-state index in [9.17, 15) is 0 Å². The molecule has 6 aromatic rings. The molecular formula is C49H43ClCuN2. The van der Waals surface area contributed by atoms with E-state index in [1.54, 1.807) is 0 Å². The minimum atomic E-state index is -0.258. The summed E-state index contributed by atoms with van der Waals surface area (Å²) in [4.78, 5) is 4.87. The summed E-state index contributed by atoms with van der Waals surface area (Å²) in [5, 5.41) is -0.258. The molecule has 0 radical (unpaired) electrons. The zero-order valence-corrected chi connectivity index (χ0v) is 32.2. The van der Waals surface area contributed by atoms with E-state index in [1.165, 1.54) is 80.9 Å². The van der Waals surface area contributed by atoms with Crippen molar-refractivity contribution < 1.29 is 14.0 Å². The van der Waals surface area contributed by atoms with Crippen LogP contribution in [0.1, 0.15) is 73.0 Å². The number of rotatable bonds is 9. The maximum atomic E-state index is 7.13. The summed E-state index contributed by atoms with van der Waals surface area (Å²) in [5.41, 5.74) is 17.2. The van der Waals surface area contributed by atoms with Gasteiger partial charge in [0, 0.05) is 0 Å². The number of hydrogen-bond acceptors (Lipinski definition) is 2. The predicted molar refractivity (Wildman–Crippen MR) is 219 cm³/mol. The van der Waals surface area contributed by atoms with Crippen LogP contribution in [0.3, 0.4) is 0 Å². The SMILES string of the molecule is Cc1cc(C)c(C2=CC=CC3=CN(c4c(C(c5ccccc5)c5ccccc5)cc(C)cc4C(c4ccccc4)c4ccccc4)[CH]([Cu][Cl])N32)c(C)c1. The van der Waals surface area contributed by atoms with E-state index >= 15 is 0 Å². The number of fused-ring (bicyclic) bond motifs is 1. The van der Waals surface area contributed by atoms with Crippen molar-refractivity contribution in [2.75, 3.05) is 4.90 Å². The number of halogens is 1. The van der Waals surface area contributed by atoms with Crippen LogP contribution in [0.15, 0.2) is 176 Å². The Hall–Kier alpha value is -5.05. The molecule has 4 heteroatoms. The fraction of sp³-hybridized carbons (Fsp3) is 0.143. The number of nitrogens with zero attached hydrogens (tertiary/aromatic N) is 2. The van der Waals surface area contributed by atoms with Crippen molar-refractivity contribution in [1.29, 1.82) is 0 Å². The molecule has 8 rings (SSSR count). The number of benzene rings is 6. The third kappa shape index (κ3) is 6.70. The summed E-state index contributed by atoms with van der Waals surface area (Å²) in [6, 6.07) is 53.1. The Labute approximate surface area is 325 Å². The molecule has 0 aliphatic carbocycles. The molecule has 0 aromatic heterocycles.